The van der Waals surface area contributed by atoms with Gasteiger partial charge in [0.05, 0.1) is 7.11 Å². The summed E-state index contributed by atoms with van der Waals surface area (Å²) >= 11 is 0. The second-order valence-electron chi connectivity index (χ2n) is 8.62. The highest BCUT2D eigenvalue weighted by Gasteiger charge is 2.26. The van der Waals surface area contributed by atoms with Crippen molar-refractivity contribution in [2.24, 2.45) is 5.92 Å². The average molecular weight is 456 g/mol. The van der Waals surface area contributed by atoms with Crippen LogP contribution in [0, 0.1) is 18.7 Å². The number of benzene rings is 2. The van der Waals surface area contributed by atoms with Crippen LogP contribution in [0.2, 0.25) is 0 Å². The number of nitrogens with one attached hydrogen (secondary N) is 3. The van der Waals surface area contributed by atoms with Gasteiger partial charge in [0.1, 0.15) is 17.6 Å². The molecule has 2 amide bonds. The average Bonchev–Trinajstić information content (AvgIpc) is 2.84. The van der Waals surface area contributed by atoms with Gasteiger partial charge in [0.25, 0.3) is 5.91 Å². The number of halogens is 1. The number of rotatable bonds is 10. The van der Waals surface area contributed by atoms with Gasteiger partial charge in [0, 0.05) is 24.3 Å². The maximum atomic E-state index is 13.9. The smallest absolute Gasteiger partial charge is 0.252 e. The zero-order valence-electron chi connectivity index (χ0n) is 19.5. The Morgan fingerprint density at radius 1 is 1.06 bits per heavy atom. The van der Waals surface area contributed by atoms with Crippen molar-refractivity contribution in [3.05, 3.63) is 59.4 Å². The van der Waals surface area contributed by atoms with Gasteiger partial charge in [-0.05, 0) is 61.2 Å². The Bertz CT molecular complexity index is 927. The molecule has 0 unspecified atom stereocenters. The van der Waals surface area contributed by atoms with E-state index in [1.165, 1.54) is 18.6 Å². The van der Waals surface area contributed by atoms with Crippen molar-refractivity contribution in [3.63, 3.8) is 0 Å². The fourth-order valence-electron chi connectivity index (χ4n) is 4.30. The van der Waals surface area contributed by atoms with Crippen molar-refractivity contribution in [1.82, 2.24) is 10.6 Å². The quantitative estimate of drug-likeness (QED) is 0.463. The first-order valence-electron chi connectivity index (χ1n) is 11.7. The fraction of sp³-hybridized carbons (Fsp3) is 0.462. The summed E-state index contributed by atoms with van der Waals surface area (Å²) in [5.41, 5.74) is 1.48. The summed E-state index contributed by atoms with van der Waals surface area (Å²) in [7, 11) is 1.62. The van der Waals surface area contributed by atoms with Crippen molar-refractivity contribution in [3.8, 4) is 5.75 Å². The van der Waals surface area contributed by atoms with Crippen LogP contribution in [-0.2, 0) is 4.79 Å². The molecule has 3 N–H and O–H groups in total. The van der Waals surface area contributed by atoms with E-state index >= 15 is 0 Å². The molecule has 0 bridgehead atoms. The Labute approximate surface area is 195 Å². The zero-order valence-corrected chi connectivity index (χ0v) is 19.5. The first kappa shape index (κ1) is 24.6. The summed E-state index contributed by atoms with van der Waals surface area (Å²) in [5.74, 6) is 0.129. The van der Waals surface area contributed by atoms with Crippen LogP contribution in [0.25, 0.3) is 0 Å². The molecular formula is C26H34FN3O3. The number of amides is 2. The molecule has 0 heterocycles. The molecule has 2 aromatic carbocycles. The number of carbonyl (C=O) groups excluding carboxylic acids is 2. The molecule has 0 aromatic heterocycles. The Morgan fingerprint density at radius 2 is 1.79 bits per heavy atom. The molecule has 33 heavy (non-hydrogen) atoms. The predicted octanol–water partition coefficient (Wildman–Crippen LogP) is 4.44. The van der Waals surface area contributed by atoms with E-state index in [0.717, 1.165) is 37.1 Å². The Morgan fingerprint density at radius 3 is 2.48 bits per heavy atom. The highest BCUT2D eigenvalue weighted by Crippen LogP contribution is 2.27. The van der Waals surface area contributed by atoms with Gasteiger partial charge in [0.2, 0.25) is 5.91 Å². The van der Waals surface area contributed by atoms with Gasteiger partial charge < -0.3 is 20.7 Å². The minimum Gasteiger partial charge on any atom is -0.497 e. The molecule has 3 rings (SSSR count). The zero-order chi connectivity index (χ0) is 23.6. The number of anilines is 1. The lowest BCUT2D eigenvalue weighted by Crippen LogP contribution is -2.48. The summed E-state index contributed by atoms with van der Waals surface area (Å²) in [6.45, 7) is 2.54. The van der Waals surface area contributed by atoms with E-state index < -0.39 is 17.8 Å². The first-order chi connectivity index (χ1) is 16.0. The predicted molar refractivity (Wildman–Crippen MR) is 128 cm³/mol. The van der Waals surface area contributed by atoms with Gasteiger partial charge in [-0.1, -0.05) is 38.2 Å². The molecule has 7 heteroatoms. The molecule has 0 aliphatic heterocycles. The molecule has 1 atom stereocenters. The number of ether oxygens (including phenoxy) is 1. The van der Waals surface area contributed by atoms with Crippen LogP contribution < -0.4 is 20.7 Å². The lowest BCUT2D eigenvalue weighted by atomic mass is 9.84. The third-order valence-electron chi connectivity index (χ3n) is 6.27. The highest BCUT2D eigenvalue weighted by molar-refractivity contribution is 5.98. The molecular weight excluding hydrogens is 421 g/mol. The van der Waals surface area contributed by atoms with Gasteiger partial charge in [-0.25, -0.2) is 4.39 Å². The number of carbonyl (C=O) groups is 2. The maximum Gasteiger partial charge on any atom is 0.252 e. The molecule has 178 valence electrons. The first-order valence-corrected chi connectivity index (χ1v) is 11.7. The van der Waals surface area contributed by atoms with Gasteiger partial charge in [-0.2, -0.15) is 0 Å². The molecule has 2 aromatic rings. The standard InChI is InChI=1S/C26H34FN3O3/c1-18-22(9-6-10-23(18)27)25(31)30-24(17-19-7-4-3-5-8-19)26(32)29-16-15-28-20-11-13-21(33-2)14-12-20/h6,9-14,19,24,28H,3-5,7-8,15-17H2,1-2H3,(H,29,32)(H,30,31)/t24-/m0/s1. The Kier molecular flexibility index (Phi) is 9.10. The fourth-order valence-corrected chi connectivity index (χ4v) is 4.30. The van der Waals surface area contributed by atoms with Crippen LogP contribution in [-0.4, -0.2) is 38.1 Å². The molecule has 0 saturated heterocycles. The minimum atomic E-state index is -0.649. The molecule has 1 fully saturated rings. The Balaban J connectivity index is 1.57. The van der Waals surface area contributed by atoms with Crippen LogP contribution in [0.4, 0.5) is 10.1 Å². The summed E-state index contributed by atoms with van der Waals surface area (Å²) < 4.78 is 19.1. The third-order valence-corrected chi connectivity index (χ3v) is 6.27. The van der Waals surface area contributed by atoms with Crippen molar-refractivity contribution in [2.45, 2.75) is 51.5 Å². The maximum absolute atomic E-state index is 13.9. The Hall–Kier alpha value is -3.09. The normalized spacial score (nSPS) is 14.9. The monoisotopic (exact) mass is 455 g/mol. The van der Waals surface area contributed by atoms with Crippen molar-refractivity contribution in [2.75, 3.05) is 25.5 Å². The summed E-state index contributed by atoms with van der Waals surface area (Å²) in [5, 5.41) is 9.05. The van der Waals surface area contributed by atoms with Crippen LogP contribution in [0.5, 0.6) is 5.75 Å². The minimum absolute atomic E-state index is 0.209. The van der Waals surface area contributed by atoms with E-state index in [2.05, 4.69) is 16.0 Å². The van der Waals surface area contributed by atoms with E-state index in [4.69, 9.17) is 4.74 Å². The number of hydrogen-bond donors (Lipinski definition) is 3. The van der Waals surface area contributed by atoms with Crippen LogP contribution in [0.1, 0.15) is 54.4 Å². The van der Waals surface area contributed by atoms with Crippen LogP contribution in [0.15, 0.2) is 42.5 Å². The molecule has 1 saturated carbocycles. The van der Waals surface area contributed by atoms with E-state index in [0.29, 0.717) is 25.4 Å². The van der Waals surface area contributed by atoms with Gasteiger partial charge >= 0.3 is 0 Å². The van der Waals surface area contributed by atoms with E-state index in [9.17, 15) is 14.0 Å². The lowest BCUT2D eigenvalue weighted by Gasteiger charge is -2.27. The highest BCUT2D eigenvalue weighted by atomic mass is 19.1. The molecule has 1 aliphatic rings. The van der Waals surface area contributed by atoms with Crippen molar-refractivity contribution < 1.29 is 18.7 Å². The van der Waals surface area contributed by atoms with Crippen molar-refractivity contribution >= 4 is 17.5 Å². The molecule has 6 nitrogen and oxygen atoms in total. The van der Waals surface area contributed by atoms with Gasteiger partial charge in [0.15, 0.2) is 0 Å². The van der Waals surface area contributed by atoms with E-state index in [1.807, 2.05) is 24.3 Å². The topological polar surface area (TPSA) is 79.5 Å². The SMILES string of the molecule is COc1ccc(NCCNC(=O)[C@H](CC2CCCCC2)NC(=O)c2cccc(F)c2C)cc1. The summed E-state index contributed by atoms with van der Waals surface area (Å²) in [6.07, 6.45) is 6.26. The van der Waals surface area contributed by atoms with E-state index in [-0.39, 0.29) is 17.0 Å². The summed E-state index contributed by atoms with van der Waals surface area (Å²) in [6, 6.07) is 11.3. The van der Waals surface area contributed by atoms with E-state index in [1.54, 1.807) is 20.1 Å². The van der Waals surface area contributed by atoms with Gasteiger partial charge in [-0.3, -0.25) is 9.59 Å². The molecule has 1 aliphatic carbocycles. The second kappa shape index (κ2) is 12.2. The molecule has 0 radical (unpaired) electrons. The second-order valence-corrected chi connectivity index (χ2v) is 8.62. The van der Waals surface area contributed by atoms with Gasteiger partial charge in [-0.15, -0.1) is 0 Å². The third kappa shape index (κ3) is 7.20. The van der Waals surface area contributed by atoms with Crippen LogP contribution in [0.3, 0.4) is 0 Å². The largest absolute Gasteiger partial charge is 0.497 e. The number of methoxy groups -OCH3 is 1. The number of hydrogen-bond acceptors (Lipinski definition) is 4. The molecule has 0 spiro atoms. The van der Waals surface area contributed by atoms with Crippen molar-refractivity contribution in [1.29, 1.82) is 0 Å². The van der Waals surface area contributed by atoms with Crippen LogP contribution >= 0.6 is 0 Å². The lowest BCUT2D eigenvalue weighted by molar-refractivity contribution is -0.123. The summed E-state index contributed by atoms with van der Waals surface area (Å²) in [4.78, 5) is 25.8.